The van der Waals surface area contributed by atoms with Crippen LogP contribution in [0.4, 0.5) is 10.5 Å². The molecule has 0 unspecified atom stereocenters. The van der Waals surface area contributed by atoms with E-state index in [2.05, 4.69) is 10.6 Å². The van der Waals surface area contributed by atoms with Crippen molar-refractivity contribution in [2.45, 2.75) is 25.8 Å². The maximum atomic E-state index is 12.2. The second kappa shape index (κ2) is 10.5. The van der Waals surface area contributed by atoms with Crippen LogP contribution in [-0.4, -0.2) is 49.2 Å². The Morgan fingerprint density at radius 1 is 1.00 bits per heavy atom. The zero-order valence-corrected chi connectivity index (χ0v) is 16.6. The Bertz CT molecular complexity index is 787. The predicted molar refractivity (Wildman–Crippen MR) is 111 cm³/mol. The average molecular weight is 397 g/mol. The summed E-state index contributed by atoms with van der Waals surface area (Å²) in [5, 5.41) is 6.14. The van der Waals surface area contributed by atoms with Gasteiger partial charge in [-0.1, -0.05) is 18.2 Å². The second-order valence-corrected chi connectivity index (χ2v) is 6.83. The van der Waals surface area contributed by atoms with Crippen LogP contribution in [0.1, 0.15) is 19.8 Å². The highest BCUT2D eigenvalue weighted by Gasteiger charge is 2.23. The molecule has 0 aromatic heterocycles. The standard InChI is InChI=1S/C22H27N3O4/c1-2-28-22(27)25-14-12-17(13-15-25)23-16-21(26)24-18-8-10-20(11-9-18)29-19-6-4-3-5-7-19/h3-11,17,23H,2,12-16H2,1H3,(H,24,26). The first kappa shape index (κ1) is 20.7. The molecule has 2 N–H and O–H groups in total. The quantitative estimate of drug-likeness (QED) is 0.746. The molecule has 0 saturated carbocycles. The van der Waals surface area contributed by atoms with Crippen LogP contribution in [0.25, 0.3) is 0 Å². The van der Waals surface area contributed by atoms with Crippen molar-refractivity contribution in [3.63, 3.8) is 0 Å². The molecule has 2 amide bonds. The molecular formula is C22H27N3O4. The minimum atomic E-state index is -0.261. The zero-order valence-electron chi connectivity index (χ0n) is 16.6. The lowest BCUT2D eigenvalue weighted by Gasteiger charge is -2.31. The van der Waals surface area contributed by atoms with E-state index < -0.39 is 0 Å². The van der Waals surface area contributed by atoms with E-state index >= 15 is 0 Å². The summed E-state index contributed by atoms with van der Waals surface area (Å²) in [5.41, 5.74) is 0.717. The van der Waals surface area contributed by atoms with Crippen molar-refractivity contribution in [3.8, 4) is 11.5 Å². The van der Waals surface area contributed by atoms with Crippen LogP contribution < -0.4 is 15.4 Å². The van der Waals surface area contributed by atoms with Crippen molar-refractivity contribution in [2.75, 3.05) is 31.6 Å². The number of amides is 2. The molecule has 7 nitrogen and oxygen atoms in total. The Kier molecular flexibility index (Phi) is 7.47. The fourth-order valence-electron chi connectivity index (χ4n) is 3.15. The van der Waals surface area contributed by atoms with Gasteiger partial charge in [0.15, 0.2) is 0 Å². The van der Waals surface area contributed by atoms with E-state index in [4.69, 9.17) is 9.47 Å². The van der Waals surface area contributed by atoms with Crippen molar-refractivity contribution in [2.24, 2.45) is 0 Å². The van der Waals surface area contributed by atoms with Crippen molar-refractivity contribution in [1.29, 1.82) is 0 Å². The molecule has 2 aromatic carbocycles. The number of nitrogens with zero attached hydrogens (tertiary/aromatic N) is 1. The molecule has 0 bridgehead atoms. The number of anilines is 1. The molecule has 1 aliphatic rings. The summed E-state index contributed by atoms with van der Waals surface area (Å²) in [4.78, 5) is 25.6. The summed E-state index contributed by atoms with van der Waals surface area (Å²) < 4.78 is 10.8. The van der Waals surface area contributed by atoms with Gasteiger partial charge in [-0.2, -0.15) is 0 Å². The number of carbonyl (C=O) groups is 2. The van der Waals surface area contributed by atoms with Crippen LogP contribution in [-0.2, 0) is 9.53 Å². The summed E-state index contributed by atoms with van der Waals surface area (Å²) in [7, 11) is 0. The molecule has 0 spiro atoms. The van der Waals surface area contributed by atoms with Gasteiger partial charge < -0.3 is 25.0 Å². The van der Waals surface area contributed by atoms with E-state index in [0.717, 1.165) is 18.6 Å². The second-order valence-electron chi connectivity index (χ2n) is 6.83. The van der Waals surface area contributed by atoms with E-state index in [1.165, 1.54) is 0 Å². The minimum Gasteiger partial charge on any atom is -0.457 e. The van der Waals surface area contributed by atoms with Crippen LogP contribution in [0.15, 0.2) is 54.6 Å². The molecule has 1 heterocycles. The largest absolute Gasteiger partial charge is 0.457 e. The highest BCUT2D eigenvalue weighted by molar-refractivity contribution is 5.92. The number of likely N-dealkylation sites (tertiary alicyclic amines) is 1. The lowest BCUT2D eigenvalue weighted by Crippen LogP contribution is -2.46. The molecule has 0 radical (unpaired) electrons. The van der Waals surface area contributed by atoms with Gasteiger partial charge in [0, 0.05) is 24.8 Å². The van der Waals surface area contributed by atoms with Crippen LogP contribution in [0.2, 0.25) is 0 Å². The van der Waals surface area contributed by atoms with Gasteiger partial charge in [-0.15, -0.1) is 0 Å². The lowest BCUT2D eigenvalue weighted by molar-refractivity contribution is -0.115. The molecule has 29 heavy (non-hydrogen) atoms. The summed E-state index contributed by atoms with van der Waals surface area (Å²) in [6.07, 6.45) is 1.35. The van der Waals surface area contributed by atoms with Gasteiger partial charge in [-0.3, -0.25) is 4.79 Å². The number of rotatable bonds is 7. The number of nitrogens with one attached hydrogen (secondary N) is 2. The van der Waals surface area contributed by atoms with Gasteiger partial charge in [0.2, 0.25) is 5.91 Å². The number of hydrogen-bond acceptors (Lipinski definition) is 5. The van der Waals surface area contributed by atoms with Gasteiger partial charge in [0.1, 0.15) is 11.5 Å². The molecule has 154 valence electrons. The first-order valence-electron chi connectivity index (χ1n) is 9.92. The third-order valence-corrected chi connectivity index (χ3v) is 4.69. The monoisotopic (exact) mass is 397 g/mol. The molecule has 1 fully saturated rings. The Morgan fingerprint density at radius 2 is 1.66 bits per heavy atom. The lowest BCUT2D eigenvalue weighted by atomic mass is 10.1. The maximum Gasteiger partial charge on any atom is 0.409 e. The van der Waals surface area contributed by atoms with E-state index in [1.54, 1.807) is 11.8 Å². The van der Waals surface area contributed by atoms with Crippen LogP contribution in [0, 0.1) is 0 Å². The zero-order chi connectivity index (χ0) is 20.5. The Hall–Kier alpha value is -3.06. The Labute approximate surface area is 171 Å². The summed E-state index contributed by atoms with van der Waals surface area (Å²) >= 11 is 0. The molecule has 2 aromatic rings. The SMILES string of the molecule is CCOC(=O)N1CCC(NCC(=O)Nc2ccc(Oc3ccccc3)cc2)CC1. The van der Waals surface area contributed by atoms with Crippen molar-refractivity contribution >= 4 is 17.7 Å². The van der Waals surface area contributed by atoms with Gasteiger partial charge in [-0.25, -0.2) is 4.79 Å². The number of benzene rings is 2. The molecule has 1 saturated heterocycles. The third kappa shape index (κ3) is 6.50. The smallest absolute Gasteiger partial charge is 0.409 e. The number of hydrogen-bond donors (Lipinski definition) is 2. The van der Waals surface area contributed by atoms with Crippen LogP contribution >= 0.6 is 0 Å². The van der Waals surface area contributed by atoms with Crippen molar-refractivity contribution in [1.82, 2.24) is 10.2 Å². The first-order valence-corrected chi connectivity index (χ1v) is 9.92. The van der Waals surface area contributed by atoms with Gasteiger partial charge in [0.05, 0.1) is 13.2 Å². The van der Waals surface area contributed by atoms with Gasteiger partial charge in [0.25, 0.3) is 0 Å². The van der Waals surface area contributed by atoms with Crippen molar-refractivity contribution < 1.29 is 19.1 Å². The molecule has 3 rings (SSSR count). The van der Waals surface area contributed by atoms with Crippen LogP contribution in [0.3, 0.4) is 0 Å². The van der Waals surface area contributed by atoms with Gasteiger partial charge in [-0.05, 0) is 56.2 Å². The van der Waals surface area contributed by atoms with E-state index in [-0.39, 0.29) is 24.6 Å². The fraction of sp³-hybridized carbons (Fsp3) is 0.364. The van der Waals surface area contributed by atoms with Gasteiger partial charge >= 0.3 is 6.09 Å². The highest BCUT2D eigenvalue weighted by Crippen LogP contribution is 2.22. The predicted octanol–water partition coefficient (Wildman–Crippen LogP) is 3.63. The summed E-state index contributed by atoms with van der Waals surface area (Å²) in [6.45, 7) is 3.69. The van der Waals surface area contributed by atoms with E-state index in [1.807, 2.05) is 54.6 Å². The molecule has 1 aliphatic heterocycles. The number of ether oxygens (including phenoxy) is 2. The first-order chi connectivity index (χ1) is 14.1. The molecule has 0 aliphatic carbocycles. The van der Waals surface area contributed by atoms with E-state index in [9.17, 15) is 9.59 Å². The minimum absolute atomic E-state index is 0.102. The highest BCUT2D eigenvalue weighted by atomic mass is 16.6. The Balaban J connectivity index is 1.38. The number of carbonyl (C=O) groups excluding carboxylic acids is 2. The summed E-state index contributed by atoms with van der Waals surface area (Å²) in [6, 6.07) is 17.0. The third-order valence-electron chi connectivity index (χ3n) is 4.69. The van der Waals surface area contributed by atoms with Crippen molar-refractivity contribution in [3.05, 3.63) is 54.6 Å². The fourth-order valence-corrected chi connectivity index (χ4v) is 3.15. The topological polar surface area (TPSA) is 79.9 Å². The molecular weight excluding hydrogens is 370 g/mol. The normalized spacial score (nSPS) is 14.3. The van der Waals surface area contributed by atoms with Crippen LogP contribution in [0.5, 0.6) is 11.5 Å². The summed E-state index contributed by atoms with van der Waals surface area (Å²) in [5.74, 6) is 1.37. The number of para-hydroxylation sites is 1. The average Bonchev–Trinajstić information content (AvgIpc) is 2.75. The molecule has 0 atom stereocenters. The Morgan fingerprint density at radius 3 is 2.31 bits per heavy atom. The number of piperidine rings is 1. The maximum absolute atomic E-state index is 12.2. The van der Waals surface area contributed by atoms with E-state index in [0.29, 0.717) is 31.1 Å². The molecule has 7 heteroatoms.